The van der Waals surface area contributed by atoms with E-state index in [0.29, 0.717) is 24.4 Å². The fraction of sp³-hybridized carbons (Fsp3) is 0.412. The molecule has 1 aliphatic heterocycles. The maximum atomic E-state index is 13.1. The SMILES string of the molecule is CCn1ncc(CN2C(=O)N[C@]3(CCc4ccc(OC)cc43)C2=O)n1. The molecule has 0 saturated carbocycles. The minimum absolute atomic E-state index is 0.117. The average molecular weight is 341 g/mol. The van der Waals surface area contributed by atoms with Gasteiger partial charge in [0.05, 0.1) is 26.4 Å². The molecule has 130 valence electrons. The summed E-state index contributed by atoms with van der Waals surface area (Å²) in [6.45, 7) is 2.68. The van der Waals surface area contributed by atoms with Crippen LogP contribution in [0.15, 0.2) is 24.4 Å². The first-order valence-corrected chi connectivity index (χ1v) is 8.28. The van der Waals surface area contributed by atoms with Gasteiger partial charge in [-0.1, -0.05) is 6.07 Å². The highest BCUT2D eigenvalue weighted by Crippen LogP contribution is 2.43. The van der Waals surface area contributed by atoms with Crippen molar-refractivity contribution in [3.8, 4) is 5.75 Å². The lowest BCUT2D eigenvalue weighted by Crippen LogP contribution is -2.41. The van der Waals surface area contributed by atoms with Crippen LogP contribution in [0.3, 0.4) is 0 Å². The Morgan fingerprint density at radius 3 is 2.92 bits per heavy atom. The van der Waals surface area contributed by atoms with Gasteiger partial charge in [-0.25, -0.2) is 4.79 Å². The van der Waals surface area contributed by atoms with Gasteiger partial charge in [-0.15, -0.1) is 0 Å². The number of hydrogen-bond acceptors (Lipinski definition) is 5. The summed E-state index contributed by atoms with van der Waals surface area (Å²) >= 11 is 0. The zero-order valence-corrected chi connectivity index (χ0v) is 14.2. The Labute approximate surface area is 144 Å². The topological polar surface area (TPSA) is 89.4 Å². The number of imide groups is 1. The number of carbonyl (C=O) groups excluding carboxylic acids is 2. The molecule has 3 amide bonds. The summed E-state index contributed by atoms with van der Waals surface area (Å²) < 4.78 is 5.28. The predicted molar refractivity (Wildman–Crippen MR) is 87.8 cm³/mol. The van der Waals surface area contributed by atoms with Crippen LogP contribution in [-0.4, -0.2) is 38.9 Å². The van der Waals surface area contributed by atoms with Gasteiger partial charge in [-0.05, 0) is 43.0 Å². The predicted octanol–water partition coefficient (Wildman–Crippen LogP) is 1.20. The highest BCUT2D eigenvalue weighted by molar-refractivity contribution is 6.08. The fourth-order valence-electron chi connectivity index (χ4n) is 3.60. The maximum Gasteiger partial charge on any atom is 0.325 e. The van der Waals surface area contributed by atoms with Crippen molar-refractivity contribution in [3.05, 3.63) is 41.2 Å². The first-order valence-electron chi connectivity index (χ1n) is 8.28. The van der Waals surface area contributed by atoms with Gasteiger partial charge in [-0.3, -0.25) is 9.69 Å². The third-order valence-electron chi connectivity index (χ3n) is 4.91. The van der Waals surface area contributed by atoms with Gasteiger partial charge in [0.1, 0.15) is 17.0 Å². The Bertz CT molecular complexity index is 862. The first kappa shape index (κ1) is 15.6. The minimum Gasteiger partial charge on any atom is -0.497 e. The number of urea groups is 1. The molecule has 1 aromatic carbocycles. The number of nitrogens with one attached hydrogen (secondary N) is 1. The van der Waals surface area contributed by atoms with Crippen molar-refractivity contribution in [2.75, 3.05) is 7.11 Å². The van der Waals surface area contributed by atoms with E-state index in [0.717, 1.165) is 17.5 Å². The van der Waals surface area contributed by atoms with Crippen LogP contribution in [0.4, 0.5) is 4.79 Å². The van der Waals surface area contributed by atoms with E-state index in [4.69, 9.17) is 4.74 Å². The molecule has 2 aliphatic rings. The lowest BCUT2D eigenvalue weighted by Gasteiger charge is -2.22. The summed E-state index contributed by atoms with van der Waals surface area (Å²) in [5, 5.41) is 11.3. The Morgan fingerprint density at radius 1 is 1.36 bits per heavy atom. The second-order valence-electron chi connectivity index (χ2n) is 6.27. The molecule has 0 radical (unpaired) electrons. The van der Waals surface area contributed by atoms with E-state index in [2.05, 4.69) is 15.5 Å². The van der Waals surface area contributed by atoms with Gasteiger partial charge in [-0.2, -0.15) is 15.0 Å². The van der Waals surface area contributed by atoms with Crippen molar-refractivity contribution in [2.24, 2.45) is 0 Å². The molecule has 1 aliphatic carbocycles. The van der Waals surface area contributed by atoms with Crippen molar-refractivity contribution < 1.29 is 14.3 Å². The number of benzene rings is 1. The van der Waals surface area contributed by atoms with E-state index in [9.17, 15) is 9.59 Å². The number of fused-ring (bicyclic) bond motifs is 2. The van der Waals surface area contributed by atoms with E-state index in [-0.39, 0.29) is 12.5 Å². The molecule has 1 spiro atoms. The number of rotatable bonds is 4. The van der Waals surface area contributed by atoms with Crippen LogP contribution in [0, 0.1) is 0 Å². The van der Waals surface area contributed by atoms with Gasteiger partial charge in [0.15, 0.2) is 0 Å². The Balaban J connectivity index is 1.66. The minimum atomic E-state index is -0.998. The smallest absolute Gasteiger partial charge is 0.325 e. The summed E-state index contributed by atoms with van der Waals surface area (Å²) in [6.07, 6.45) is 2.88. The van der Waals surface area contributed by atoms with Gasteiger partial charge in [0.2, 0.25) is 0 Å². The molecule has 1 saturated heterocycles. The normalized spacial score (nSPS) is 21.8. The van der Waals surface area contributed by atoms with Crippen molar-refractivity contribution in [1.29, 1.82) is 0 Å². The molecule has 1 fully saturated rings. The Morgan fingerprint density at radius 2 is 2.20 bits per heavy atom. The largest absolute Gasteiger partial charge is 0.497 e. The lowest BCUT2D eigenvalue weighted by molar-refractivity contribution is -0.132. The fourth-order valence-corrected chi connectivity index (χ4v) is 3.60. The standard InChI is InChI=1S/C17H19N5O3/c1-3-22-18-9-12(20-22)10-21-15(23)17(19-16(21)24)7-6-11-4-5-13(25-2)8-14(11)17/h4-5,8-9H,3,6-7,10H2,1-2H3,(H,19,24)/t17-/m0/s1. The molecule has 25 heavy (non-hydrogen) atoms. The summed E-state index contributed by atoms with van der Waals surface area (Å²) in [5.74, 6) is 0.432. The molecular formula is C17H19N5O3. The highest BCUT2D eigenvalue weighted by Gasteiger charge is 2.55. The maximum absolute atomic E-state index is 13.1. The van der Waals surface area contributed by atoms with E-state index >= 15 is 0 Å². The van der Waals surface area contributed by atoms with E-state index in [1.165, 1.54) is 9.70 Å². The Kier molecular flexibility index (Phi) is 3.48. The van der Waals surface area contributed by atoms with E-state index < -0.39 is 11.6 Å². The molecule has 2 aromatic rings. The van der Waals surface area contributed by atoms with Crippen molar-refractivity contribution in [2.45, 2.75) is 38.4 Å². The molecule has 1 N–H and O–H groups in total. The lowest BCUT2D eigenvalue weighted by atomic mass is 9.91. The van der Waals surface area contributed by atoms with Gasteiger partial charge in [0, 0.05) is 0 Å². The van der Waals surface area contributed by atoms with Crippen LogP contribution < -0.4 is 10.1 Å². The van der Waals surface area contributed by atoms with Crippen LogP contribution >= 0.6 is 0 Å². The van der Waals surface area contributed by atoms with Crippen molar-refractivity contribution in [3.63, 3.8) is 0 Å². The third-order valence-corrected chi connectivity index (χ3v) is 4.91. The third kappa shape index (κ3) is 2.28. The molecule has 1 aromatic heterocycles. The molecular weight excluding hydrogens is 322 g/mol. The number of amides is 3. The van der Waals surface area contributed by atoms with E-state index in [1.807, 2.05) is 25.1 Å². The molecule has 0 bridgehead atoms. The summed E-state index contributed by atoms with van der Waals surface area (Å²) in [5.41, 5.74) is 1.48. The van der Waals surface area contributed by atoms with Gasteiger partial charge < -0.3 is 10.1 Å². The Hall–Kier alpha value is -2.90. The number of methoxy groups -OCH3 is 1. The zero-order valence-electron chi connectivity index (χ0n) is 14.2. The summed E-state index contributed by atoms with van der Waals surface area (Å²) in [4.78, 5) is 28.4. The van der Waals surface area contributed by atoms with Gasteiger partial charge >= 0.3 is 6.03 Å². The highest BCUT2D eigenvalue weighted by atomic mass is 16.5. The molecule has 2 heterocycles. The average Bonchev–Trinajstić information content (AvgIpc) is 3.29. The van der Waals surface area contributed by atoms with Crippen LogP contribution in [0.2, 0.25) is 0 Å². The van der Waals surface area contributed by atoms with Crippen LogP contribution in [0.25, 0.3) is 0 Å². The van der Waals surface area contributed by atoms with Crippen molar-refractivity contribution in [1.82, 2.24) is 25.2 Å². The van der Waals surface area contributed by atoms with Crippen LogP contribution in [0.5, 0.6) is 5.75 Å². The first-order chi connectivity index (χ1) is 12.1. The number of aromatic nitrogens is 3. The van der Waals surface area contributed by atoms with Gasteiger partial charge in [0.25, 0.3) is 5.91 Å². The molecule has 4 rings (SSSR count). The quantitative estimate of drug-likeness (QED) is 0.844. The second-order valence-corrected chi connectivity index (χ2v) is 6.27. The molecule has 0 unspecified atom stereocenters. The summed E-state index contributed by atoms with van der Waals surface area (Å²) in [6, 6.07) is 5.28. The monoisotopic (exact) mass is 341 g/mol. The molecule has 1 atom stereocenters. The number of hydrogen-bond donors (Lipinski definition) is 1. The summed E-state index contributed by atoms with van der Waals surface area (Å²) in [7, 11) is 1.59. The number of carbonyl (C=O) groups is 2. The molecule has 8 nitrogen and oxygen atoms in total. The second kappa shape index (κ2) is 5.58. The van der Waals surface area contributed by atoms with Crippen molar-refractivity contribution >= 4 is 11.9 Å². The van der Waals surface area contributed by atoms with Crippen LogP contribution in [-0.2, 0) is 29.8 Å². The number of nitrogens with zero attached hydrogens (tertiary/aromatic N) is 4. The molecule has 8 heteroatoms. The number of aryl methyl sites for hydroxylation is 2. The number of ether oxygens (including phenoxy) is 1. The zero-order chi connectivity index (χ0) is 17.6. The van der Waals surface area contributed by atoms with Crippen LogP contribution in [0.1, 0.15) is 30.2 Å². The van der Waals surface area contributed by atoms with E-state index in [1.54, 1.807) is 13.3 Å².